The number of nitrogens with one attached hydrogen (secondary N) is 2. The number of nitro benzene ring substituents is 1. The van der Waals surface area contributed by atoms with Crippen molar-refractivity contribution in [1.29, 1.82) is 0 Å². The Morgan fingerprint density at radius 2 is 1.83 bits per heavy atom. The lowest BCUT2D eigenvalue weighted by molar-refractivity contribution is -0.385. The molecule has 30 heavy (non-hydrogen) atoms. The van der Waals surface area contributed by atoms with Crippen LogP contribution in [0.25, 0.3) is 11.0 Å². The highest BCUT2D eigenvalue weighted by molar-refractivity contribution is 9.10. The molecule has 3 aromatic rings. The number of nitrogens with zero attached hydrogens (tertiary/aromatic N) is 4. The van der Waals surface area contributed by atoms with Crippen molar-refractivity contribution in [1.82, 2.24) is 15.0 Å². The second-order valence-electron chi connectivity index (χ2n) is 6.49. The van der Waals surface area contributed by atoms with E-state index in [1.807, 2.05) is 0 Å². The number of hydrogen-bond acceptors (Lipinski definition) is 7. The molecule has 0 aliphatic rings. The van der Waals surface area contributed by atoms with E-state index in [0.29, 0.717) is 39.0 Å². The Morgan fingerprint density at radius 1 is 1.13 bits per heavy atom. The van der Waals surface area contributed by atoms with Gasteiger partial charge in [0.15, 0.2) is 5.65 Å². The number of alkyl halides is 3. The monoisotopic (exact) mass is 484 g/mol. The summed E-state index contributed by atoms with van der Waals surface area (Å²) in [4.78, 5) is 23.3. The van der Waals surface area contributed by atoms with Crippen molar-refractivity contribution in [3.8, 4) is 0 Å². The SMILES string of the molecule is CNc1nc2nc(C)nc(N[C@H](C)c3cc([N+](=O)[O-])cc(C(F)(F)F)c3)c2cc1Br. The van der Waals surface area contributed by atoms with E-state index in [2.05, 4.69) is 41.5 Å². The summed E-state index contributed by atoms with van der Waals surface area (Å²) in [7, 11) is 1.70. The molecular weight excluding hydrogens is 469 g/mol. The van der Waals surface area contributed by atoms with Gasteiger partial charge in [0.05, 0.1) is 26.4 Å². The van der Waals surface area contributed by atoms with Crippen LogP contribution in [0, 0.1) is 17.0 Å². The van der Waals surface area contributed by atoms with Crippen LogP contribution in [0.4, 0.5) is 30.5 Å². The molecular formula is C18H16BrF3N6O2. The number of hydrogen-bond donors (Lipinski definition) is 2. The molecule has 0 spiro atoms. The van der Waals surface area contributed by atoms with E-state index in [-0.39, 0.29) is 5.56 Å². The number of aryl methyl sites for hydroxylation is 1. The Kier molecular flexibility index (Phi) is 5.79. The minimum atomic E-state index is -4.71. The molecule has 0 saturated carbocycles. The second-order valence-corrected chi connectivity index (χ2v) is 7.35. The number of aromatic nitrogens is 3. The number of benzene rings is 1. The van der Waals surface area contributed by atoms with E-state index >= 15 is 0 Å². The van der Waals surface area contributed by atoms with Crippen LogP contribution in [0.5, 0.6) is 0 Å². The highest BCUT2D eigenvalue weighted by atomic mass is 79.9. The molecule has 2 heterocycles. The van der Waals surface area contributed by atoms with Crippen LogP contribution in [0.15, 0.2) is 28.7 Å². The smallest absolute Gasteiger partial charge is 0.372 e. The van der Waals surface area contributed by atoms with Crippen LogP contribution in [-0.2, 0) is 6.18 Å². The third-order valence-corrected chi connectivity index (χ3v) is 4.93. The summed E-state index contributed by atoms with van der Waals surface area (Å²) in [5.74, 6) is 1.32. The van der Waals surface area contributed by atoms with E-state index in [0.717, 1.165) is 12.1 Å². The lowest BCUT2D eigenvalue weighted by atomic mass is 10.0. The summed E-state index contributed by atoms with van der Waals surface area (Å²) in [6.45, 7) is 3.25. The molecule has 0 bridgehead atoms. The van der Waals surface area contributed by atoms with E-state index in [9.17, 15) is 23.3 Å². The van der Waals surface area contributed by atoms with Crippen LogP contribution < -0.4 is 10.6 Å². The fourth-order valence-corrected chi connectivity index (χ4v) is 3.38. The van der Waals surface area contributed by atoms with Gasteiger partial charge in [0.2, 0.25) is 0 Å². The van der Waals surface area contributed by atoms with Gasteiger partial charge >= 0.3 is 6.18 Å². The number of halogens is 4. The van der Waals surface area contributed by atoms with Crippen LogP contribution in [0.3, 0.4) is 0 Å². The first-order valence-corrected chi connectivity index (χ1v) is 9.44. The first-order valence-electron chi connectivity index (χ1n) is 8.65. The molecule has 0 fully saturated rings. The van der Waals surface area contributed by atoms with Gasteiger partial charge in [-0.2, -0.15) is 13.2 Å². The predicted octanol–water partition coefficient (Wildman–Crippen LogP) is 5.24. The third-order valence-electron chi connectivity index (χ3n) is 4.32. The van der Waals surface area contributed by atoms with Crippen molar-refractivity contribution < 1.29 is 18.1 Å². The summed E-state index contributed by atoms with van der Waals surface area (Å²) in [5.41, 5.74) is -1.24. The van der Waals surface area contributed by atoms with Crippen molar-refractivity contribution in [2.45, 2.75) is 26.1 Å². The average molecular weight is 485 g/mol. The van der Waals surface area contributed by atoms with Crippen molar-refractivity contribution in [3.63, 3.8) is 0 Å². The molecule has 3 rings (SSSR count). The van der Waals surface area contributed by atoms with Crippen LogP contribution in [0.1, 0.15) is 29.9 Å². The molecule has 158 valence electrons. The molecule has 0 aliphatic carbocycles. The lowest BCUT2D eigenvalue weighted by Crippen LogP contribution is -2.13. The van der Waals surface area contributed by atoms with Crippen molar-refractivity contribution in [2.75, 3.05) is 17.7 Å². The summed E-state index contributed by atoms with van der Waals surface area (Å²) in [6, 6.07) is 3.52. The Bertz CT molecular complexity index is 1140. The van der Waals surface area contributed by atoms with Gasteiger partial charge in [-0.05, 0) is 47.5 Å². The number of nitro groups is 1. The molecule has 0 unspecified atom stereocenters. The second kappa shape index (κ2) is 8.01. The molecule has 0 amide bonds. The van der Waals surface area contributed by atoms with Gasteiger partial charge in [0, 0.05) is 19.2 Å². The van der Waals surface area contributed by atoms with Gasteiger partial charge in [-0.25, -0.2) is 15.0 Å². The maximum absolute atomic E-state index is 13.2. The zero-order valence-corrected chi connectivity index (χ0v) is 17.6. The topological polar surface area (TPSA) is 106 Å². The zero-order chi connectivity index (χ0) is 22.2. The van der Waals surface area contributed by atoms with Gasteiger partial charge in [-0.15, -0.1) is 0 Å². The summed E-state index contributed by atoms with van der Waals surface area (Å²) >= 11 is 3.39. The lowest BCUT2D eigenvalue weighted by Gasteiger charge is -2.18. The van der Waals surface area contributed by atoms with E-state index in [4.69, 9.17) is 0 Å². The Hall–Kier alpha value is -3.02. The molecule has 1 aromatic carbocycles. The molecule has 2 aromatic heterocycles. The third kappa shape index (κ3) is 4.42. The molecule has 0 saturated heterocycles. The van der Waals surface area contributed by atoms with Gasteiger partial charge in [-0.3, -0.25) is 10.1 Å². The van der Waals surface area contributed by atoms with Crippen molar-refractivity contribution in [2.24, 2.45) is 0 Å². The number of fused-ring (bicyclic) bond motifs is 1. The molecule has 1 atom stereocenters. The van der Waals surface area contributed by atoms with Gasteiger partial charge in [0.25, 0.3) is 5.69 Å². The number of pyridine rings is 1. The van der Waals surface area contributed by atoms with Crippen LogP contribution in [-0.4, -0.2) is 26.9 Å². The molecule has 0 radical (unpaired) electrons. The first-order chi connectivity index (χ1) is 14.0. The first kappa shape index (κ1) is 21.7. The van der Waals surface area contributed by atoms with Crippen LogP contribution in [0.2, 0.25) is 0 Å². The number of rotatable bonds is 5. The van der Waals surface area contributed by atoms with E-state index < -0.39 is 28.4 Å². The highest BCUT2D eigenvalue weighted by Gasteiger charge is 2.33. The Labute approximate surface area is 177 Å². The summed E-state index contributed by atoms with van der Waals surface area (Å²) < 4.78 is 40.2. The van der Waals surface area contributed by atoms with E-state index in [1.165, 1.54) is 0 Å². The van der Waals surface area contributed by atoms with Gasteiger partial charge < -0.3 is 10.6 Å². The van der Waals surface area contributed by atoms with Crippen molar-refractivity contribution in [3.05, 3.63) is 55.8 Å². The van der Waals surface area contributed by atoms with Gasteiger partial charge in [-0.1, -0.05) is 0 Å². The quantitative estimate of drug-likeness (QED) is 0.376. The fraction of sp³-hybridized carbons (Fsp3) is 0.278. The Morgan fingerprint density at radius 3 is 2.43 bits per heavy atom. The minimum absolute atomic E-state index is 0.0970. The van der Waals surface area contributed by atoms with Gasteiger partial charge in [0.1, 0.15) is 17.5 Å². The molecule has 12 heteroatoms. The largest absolute Gasteiger partial charge is 0.416 e. The van der Waals surface area contributed by atoms with Crippen LogP contribution >= 0.6 is 15.9 Å². The normalized spacial score (nSPS) is 12.6. The fourth-order valence-electron chi connectivity index (χ4n) is 2.87. The number of non-ortho nitro benzene ring substituents is 1. The maximum Gasteiger partial charge on any atom is 0.416 e. The highest BCUT2D eigenvalue weighted by Crippen LogP contribution is 2.35. The molecule has 8 nitrogen and oxygen atoms in total. The summed E-state index contributed by atoms with van der Waals surface area (Å²) in [6.07, 6.45) is -4.71. The molecule has 0 aliphatic heterocycles. The van der Waals surface area contributed by atoms with Crippen molar-refractivity contribution >= 4 is 44.3 Å². The van der Waals surface area contributed by atoms with E-state index in [1.54, 1.807) is 27.0 Å². The maximum atomic E-state index is 13.2. The number of anilines is 2. The zero-order valence-electron chi connectivity index (χ0n) is 16.0. The predicted molar refractivity (Wildman–Crippen MR) is 109 cm³/mol. The Balaban J connectivity index is 2.07. The standard InChI is InChI=1S/C18H16BrF3N6O2/c1-8(10-4-11(18(20,21)22)6-12(5-10)28(29)30)24-15-13-7-14(19)17(23-3)27-16(13)26-9(2)25-15/h4-8H,1-3H3,(H2,23,24,25,26,27)/t8-/m1/s1. The minimum Gasteiger partial charge on any atom is -0.372 e. The molecule has 2 N–H and O–H groups in total. The average Bonchev–Trinajstić information content (AvgIpc) is 2.66. The summed E-state index contributed by atoms with van der Waals surface area (Å²) in [5, 5.41) is 17.6.